The number of aliphatic hydroxyl groups excluding tert-OH is 1. The maximum absolute atomic E-state index is 15.0. The van der Waals surface area contributed by atoms with Crippen molar-refractivity contribution in [2.45, 2.75) is 25.5 Å². The second-order valence-electron chi connectivity index (χ2n) is 6.07. The van der Waals surface area contributed by atoms with Crippen LogP contribution >= 0.6 is 0 Å². The highest BCUT2D eigenvalue weighted by Gasteiger charge is 2.50. The number of halogens is 1. The molecule has 134 valence electrons. The lowest BCUT2D eigenvalue weighted by Gasteiger charge is -2.22. The smallest absolute Gasteiger partial charge is 0.277 e. The van der Waals surface area contributed by atoms with Crippen LogP contribution in [-0.2, 0) is 4.79 Å². The summed E-state index contributed by atoms with van der Waals surface area (Å²) in [6.07, 6.45) is -1.10. The number of fused-ring (bicyclic) bond motifs is 1. The van der Waals surface area contributed by atoms with Gasteiger partial charge < -0.3 is 14.9 Å². The van der Waals surface area contributed by atoms with Gasteiger partial charge in [-0.2, -0.15) is 10.4 Å². The van der Waals surface area contributed by atoms with Gasteiger partial charge in [0.15, 0.2) is 0 Å². The number of aliphatic hydroxyl groups is 1. The van der Waals surface area contributed by atoms with E-state index < -0.39 is 41.0 Å². The number of hydrogen-bond donors (Lipinski definition) is 5. The van der Waals surface area contributed by atoms with E-state index in [1.54, 1.807) is 13.0 Å². The number of benzene rings is 2. The zero-order chi connectivity index (χ0) is 18.4. The van der Waals surface area contributed by atoms with Gasteiger partial charge in [-0.3, -0.25) is 4.79 Å². The van der Waals surface area contributed by atoms with Gasteiger partial charge in [0, 0.05) is 5.39 Å². The summed E-state index contributed by atoms with van der Waals surface area (Å²) in [5.74, 6) is -1.76. The molecule has 2 atom stereocenters. The number of phenols is 1. The average molecular weight is 353 g/mol. The van der Waals surface area contributed by atoms with Gasteiger partial charge in [0.05, 0.1) is 23.0 Å². The highest BCUT2D eigenvalue weighted by Crippen LogP contribution is 2.41. The number of nitrogens with zero attached hydrogens (tertiary/aromatic N) is 1. The SMILES string of the molecule is CC(O)COc1ccc2cc(O)c(C3CC(=O)N[N+]3(O)O)c(F)c2c1. The Morgan fingerprint density at radius 1 is 1.40 bits per heavy atom. The van der Waals surface area contributed by atoms with Crippen LogP contribution in [0.4, 0.5) is 4.39 Å². The van der Waals surface area contributed by atoms with Crippen molar-refractivity contribution in [3.05, 3.63) is 35.6 Å². The average Bonchev–Trinajstić information content (AvgIpc) is 2.78. The molecule has 0 bridgehead atoms. The molecule has 9 heteroatoms. The number of quaternary nitrogens is 1. The van der Waals surface area contributed by atoms with Crippen LogP contribution in [0.15, 0.2) is 24.3 Å². The number of rotatable bonds is 4. The lowest BCUT2D eigenvalue weighted by atomic mass is 9.98. The molecule has 2 aromatic rings. The Morgan fingerprint density at radius 2 is 2.12 bits per heavy atom. The Labute approximate surface area is 141 Å². The van der Waals surface area contributed by atoms with Crippen LogP contribution in [0.2, 0.25) is 0 Å². The van der Waals surface area contributed by atoms with Gasteiger partial charge in [-0.25, -0.2) is 4.39 Å². The monoisotopic (exact) mass is 353 g/mol. The molecule has 1 amide bonds. The van der Waals surface area contributed by atoms with Crippen LogP contribution in [0.5, 0.6) is 11.5 Å². The lowest BCUT2D eigenvalue weighted by Crippen LogP contribution is -2.50. The molecule has 25 heavy (non-hydrogen) atoms. The van der Waals surface area contributed by atoms with Crippen molar-refractivity contribution in [3.8, 4) is 11.5 Å². The highest BCUT2D eigenvalue weighted by molar-refractivity contribution is 5.87. The van der Waals surface area contributed by atoms with Crippen LogP contribution in [0.3, 0.4) is 0 Å². The summed E-state index contributed by atoms with van der Waals surface area (Å²) in [6, 6.07) is 4.32. The summed E-state index contributed by atoms with van der Waals surface area (Å²) in [4.78, 5) is 9.50. The summed E-state index contributed by atoms with van der Waals surface area (Å²) in [5.41, 5.74) is 1.48. The minimum absolute atomic E-state index is 0.0202. The quantitative estimate of drug-likeness (QED) is 0.532. The molecule has 8 nitrogen and oxygen atoms in total. The van der Waals surface area contributed by atoms with Gasteiger partial charge in [-0.05, 0) is 30.5 Å². The predicted octanol–water partition coefficient (Wildman–Crippen LogP) is 1.52. The molecule has 5 N–H and O–H groups in total. The van der Waals surface area contributed by atoms with Crippen LogP contribution < -0.4 is 10.2 Å². The summed E-state index contributed by atoms with van der Waals surface area (Å²) >= 11 is 0. The normalized spacial score (nSPS) is 20.5. The van der Waals surface area contributed by atoms with Crippen molar-refractivity contribution in [1.82, 2.24) is 5.43 Å². The third-order valence-corrected chi connectivity index (χ3v) is 3.99. The van der Waals surface area contributed by atoms with E-state index in [2.05, 4.69) is 0 Å². The fraction of sp³-hybridized carbons (Fsp3) is 0.312. The van der Waals surface area contributed by atoms with Crippen molar-refractivity contribution in [2.24, 2.45) is 0 Å². The summed E-state index contributed by atoms with van der Waals surface area (Å²) in [6.45, 7) is 1.56. The topological polar surface area (TPSA) is 119 Å². The van der Waals surface area contributed by atoms with E-state index in [9.17, 15) is 29.8 Å². The molecule has 1 saturated heterocycles. The van der Waals surface area contributed by atoms with E-state index in [1.807, 2.05) is 5.43 Å². The predicted molar refractivity (Wildman–Crippen MR) is 82.1 cm³/mol. The van der Waals surface area contributed by atoms with Gasteiger partial charge in [-0.1, -0.05) is 6.07 Å². The number of nitrogens with one attached hydrogen (secondary N) is 1. The first-order chi connectivity index (χ1) is 11.7. The van der Waals surface area contributed by atoms with Crippen LogP contribution in [0.25, 0.3) is 10.8 Å². The van der Waals surface area contributed by atoms with Gasteiger partial charge in [-0.15, -0.1) is 5.43 Å². The van der Waals surface area contributed by atoms with Gasteiger partial charge >= 0.3 is 0 Å². The molecule has 1 fully saturated rings. The summed E-state index contributed by atoms with van der Waals surface area (Å²) in [7, 11) is 0. The first-order valence-corrected chi connectivity index (χ1v) is 7.60. The number of phenolic OH excluding ortho intramolecular Hbond substituents is 1. The highest BCUT2D eigenvalue weighted by atomic mass is 19.1. The number of aromatic hydroxyl groups is 1. The first-order valence-electron chi connectivity index (χ1n) is 7.60. The lowest BCUT2D eigenvalue weighted by molar-refractivity contribution is -1.28. The Hall–Kier alpha value is -2.46. The van der Waals surface area contributed by atoms with Crippen LogP contribution in [-0.4, -0.2) is 44.2 Å². The summed E-state index contributed by atoms with van der Waals surface area (Å²) in [5, 5.41) is 39.5. The molecule has 0 spiro atoms. The van der Waals surface area contributed by atoms with E-state index >= 15 is 0 Å². The molecule has 0 aromatic heterocycles. The molecule has 1 aliphatic heterocycles. The van der Waals surface area contributed by atoms with Crippen LogP contribution in [0.1, 0.15) is 24.9 Å². The molecular formula is C16H18FN2O6+. The van der Waals surface area contributed by atoms with E-state index in [0.29, 0.717) is 11.1 Å². The Morgan fingerprint density at radius 3 is 2.72 bits per heavy atom. The fourth-order valence-corrected chi connectivity index (χ4v) is 2.85. The van der Waals surface area contributed by atoms with Crippen molar-refractivity contribution >= 4 is 16.7 Å². The molecule has 1 heterocycles. The standard InChI is InChI=1S/C16H17FN2O6/c1-8(20)7-25-10-3-2-9-4-13(21)15(16(17)11(9)5-10)12-6-14(22)18-19(12,23)24/h2-5,8,12,20,23-24H,6-7H2,1H3,(H-,18,21,22)/p+1. The number of carbonyl (C=O) groups is 1. The molecule has 2 aromatic carbocycles. The van der Waals surface area contributed by atoms with E-state index in [0.717, 1.165) is 0 Å². The van der Waals surface area contributed by atoms with Crippen molar-refractivity contribution in [2.75, 3.05) is 6.61 Å². The molecular weight excluding hydrogens is 335 g/mol. The molecule has 0 saturated carbocycles. The minimum Gasteiger partial charge on any atom is -0.507 e. The minimum atomic E-state index is -1.94. The number of hydrogen-bond acceptors (Lipinski definition) is 6. The number of carbonyl (C=O) groups excluding carboxylic acids is 1. The molecule has 0 radical (unpaired) electrons. The maximum Gasteiger partial charge on any atom is 0.277 e. The van der Waals surface area contributed by atoms with Gasteiger partial charge in [0.1, 0.15) is 23.9 Å². The van der Waals surface area contributed by atoms with E-state index in [1.165, 1.54) is 18.2 Å². The van der Waals surface area contributed by atoms with E-state index in [4.69, 9.17) is 4.74 Å². The van der Waals surface area contributed by atoms with Crippen LogP contribution in [0, 0.1) is 5.82 Å². The number of hydroxylamine groups is 2. The molecule has 3 rings (SSSR count). The molecule has 1 aliphatic rings. The zero-order valence-corrected chi connectivity index (χ0v) is 13.3. The third kappa shape index (κ3) is 3.22. The Balaban J connectivity index is 2.09. The van der Waals surface area contributed by atoms with E-state index in [-0.39, 0.29) is 17.6 Å². The van der Waals surface area contributed by atoms with Crippen molar-refractivity contribution in [3.63, 3.8) is 0 Å². The number of amides is 1. The van der Waals surface area contributed by atoms with Crippen molar-refractivity contribution in [1.29, 1.82) is 0 Å². The first kappa shape index (κ1) is 17.4. The van der Waals surface area contributed by atoms with Crippen molar-refractivity contribution < 1.29 is 39.5 Å². The number of ether oxygens (including phenoxy) is 1. The molecule has 0 aliphatic carbocycles. The Kier molecular flexibility index (Phi) is 4.25. The fourth-order valence-electron chi connectivity index (χ4n) is 2.85. The third-order valence-electron chi connectivity index (χ3n) is 3.99. The largest absolute Gasteiger partial charge is 0.507 e. The zero-order valence-electron chi connectivity index (χ0n) is 13.3. The Bertz CT molecular complexity index is 839. The van der Waals surface area contributed by atoms with Gasteiger partial charge in [0.2, 0.25) is 6.04 Å². The maximum atomic E-state index is 15.0. The summed E-state index contributed by atoms with van der Waals surface area (Å²) < 4.78 is 20.3. The second kappa shape index (κ2) is 6.12. The second-order valence-corrected chi connectivity index (χ2v) is 6.07. The molecule has 2 unspecified atom stereocenters. The van der Waals surface area contributed by atoms with Gasteiger partial charge in [0.25, 0.3) is 5.91 Å².